The minimum absolute atomic E-state index is 0.0772. The average molecular weight is 288 g/mol. The number of nitrogens with one attached hydrogen (secondary N) is 2. The van der Waals surface area contributed by atoms with Gasteiger partial charge in [0.2, 0.25) is 0 Å². The molecule has 3 N–H and O–H groups in total. The number of carbonyl (C=O) groups excluding carboxylic acids is 1. The number of carbonyl (C=O) groups is 2. The fourth-order valence-electron chi connectivity index (χ4n) is 2.40. The standard InChI is InChI=1S/C13H24N2O3S/c1-9(19-2)6-7-14-13(18)15-8-10-4-3-5-11(10)12(16)17/h9-11H,3-8H2,1-2H3,(H,16,17)(H2,14,15,18). The van der Waals surface area contributed by atoms with Crippen molar-refractivity contribution in [2.45, 2.75) is 37.9 Å². The van der Waals surface area contributed by atoms with Crippen molar-refractivity contribution in [3.05, 3.63) is 0 Å². The highest BCUT2D eigenvalue weighted by Crippen LogP contribution is 2.31. The third-order valence-corrected chi connectivity index (χ3v) is 4.78. The lowest BCUT2D eigenvalue weighted by Crippen LogP contribution is -2.40. The van der Waals surface area contributed by atoms with Crippen LogP contribution in [-0.4, -0.2) is 41.7 Å². The third kappa shape index (κ3) is 5.72. The number of hydrogen-bond donors (Lipinski definition) is 3. The van der Waals surface area contributed by atoms with Gasteiger partial charge in [0.1, 0.15) is 0 Å². The summed E-state index contributed by atoms with van der Waals surface area (Å²) < 4.78 is 0. The molecule has 0 radical (unpaired) electrons. The predicted molar refractivity (Wildman–Crippen MR) is 77.5 cm³/mol. The van der Waals surface area contributed by atoms with Crippen LogP contribution in [0.2, 0.25) is 0 Å². The summed E-state index contributed by atoms with van der Waals surface area (Å²) in [6, 6.07) is -0.190. The first-order chi connectivity index (χ1) is 9.04. The van der Waals surface area contributed by atoms with Gasteiger partial charge in [-0.15, -0.1) is 0 Å². The van der Waals surface area contributed by atoms with Gasteiger partial charge in [-0.05, 0) is 31.4 Å². The Morgan fingerprint density at radius 1 is 1.37 bits per heavy atom. The van der Waals surface area contributed by atoms with Crippen LogP contribution in [0.1, 0.15) is 32.6 Å². The van der Waals surface area contributed by atoms with E-state index in [-0.39, 0.29) is 17.9 Å². The van der Waals surface area contributed by atoms with Crippen molar-refractivity contribution in [1.82, 2.24) is 10.6 Å². The Morgan fingerprint density at radius 3 is 2.74 bits per heavy atom. The molecule has 1 aliphatic rings. The number of thioether (sulfide) groups is 1. The first-order valence-corrected chi connectivity index (χ1v) is 8.10. The molecule has 19 heavy (non-hydrogen) atoms. The predicted octanol–water partition coefficient (Wildman–Crippen LogP) is 1.93. The van der Waals surface area contributed by atoms with E-state index < -0.39 is 5.97 Å². The number of carboxylic acid groups (broad SMARTS) is 1. The highest BCUT2D eigenvalue weighted by atomic mass is 32.2. The maximum absolute atomic E-state index is 11.6. The second-order valence-electron chi connectivity index (χ2n) is 5.11. The van der Waals surface area contributed by atoms with E-state index in [1.54, 1.807) is 11.8 Å². The highest BCUT2D eigenvalue weighted by Gasteiger charge is 2.32. The van der Waals surface area contributed by atoms with E-state index in [2.05, 4.69) is 23.8 Å². The minimum Gasteiger partial charge on any atom is -0.481 e. The molecule has 3 atom stereocenters. The molecule has 1 saturated carbocycles. The number of carboxylic acids is 1. The van der Waals surface area contributed by atoms with E-state index >= 15 is 0 Å². The number of urea groups is 1. The van der Waals surface area contributed by atoms with Gasteiger partial charge in [0.25, 0.3) is 0 Å². The smallest absolute Gasteiger partial charge is 0.314 e. The summed E-state index contributed by atoms with van der Waals surface area (Å²) in [5.41, 5.74) is 0. The molecule has 0 spiro atoms. The lowest BCUT2D eigenvalue weighted by molar-refractivity contribution is -0.142. The molecule has 0 aromatic heterocycles. The van der Waals surface area contributed by atoms with E-state index in [1.807, 2.05) is 0 Å². The van der Waals surface area contributed by atoms with Crippen molar-refractivity contribution in [3.8, 4) is 0 Å². The number of hydrogen-bond acceptors (Lipinski definition) is 3. The zero-order valence-corrected chi connectivity index (χ0v) is 12.5. The molecule has 0 aromatic carbocycles. The van der Waals surface area contributed by atoms with Gasteiger partial charge in [0.05, 0.1) is 5.92 Å². The Labute approximate surface area is 118 Å². The van der Waals surface area contributed by atoms with Crippen LogP contribution < -0.4 is 10.6 Å². The quantitative estimate of drug-likeness (QED) is 0.669. The normalized spacial score (nSPS) is 23.9. The van der Waals surface area contributed by atoms with Crippen LogP contribution in [0, 0.1) is 11.8 Å². The third-order valence-electron chi connectivity index (χ3n) is 3.74. The molecule has 1 aliphatic carbocycles. The van der Waals surface area contributed by atoms with Crippen LogP contribution in [0.3, 0.4) is 0 Å². The van der Waals surface area contributed by atoms with Gasteiger partial charge in [0, 0.05) is 18.3 Å². The van der Waals surface area contributed by atoms with Crippen molar-refractivity contribution < 1.29 is 14.7 Å². The summed E-state index contributed by atoms with van der Waals surface area (Å²) in [7, 11) is 0. The Balaban J connectivity index is 2.17. The van der Waals surface area contributed by atoms with Crippen molar-refractivity contribution in [1.29, 1.82) is 0 Å². The van der Waals surface area contributed by atoms with Crippen LogP contribution in [0.5, 0.6) is 0 Å². The van der Waals surface area contributed by atoms with Crippen molar-refractivity contribution in [3.63, 3.8) is 0 Å². The monoisotopic (exact) mass is 288 g/mol. The maximum atomic E-state index is 11.6. The molecular weight excluding hydrogens is 264 g/mol. The SMILES string of the molecule is CSC(C)CCNC(=O)NCC1CCCC1C(=O)O. The molecule has 1 rings (SSSR count). The fourth-order valence-corrected chi connectivity index (χ4v) is 2.75. The Hall–Kier alpha value is -0.910. The molecule has 110 valence electrons. The van der Waals surface area contributed by atoms with Crippen molar-refractivity contribution in [2.75, 3.05) is 19.3 Å². The largest absolute Gasteiger partial charge is 0.481 e. The summed E-state index contributed by atoms with van der Waals surface area (Å²) in [4.78, 5) is 22.6. The van der Waals surface area contributed by atoms with Gasteiger partial charge in [-0.2, -0.15) is 11.8 Å². The molecule has 5 nitrogen and oxygen atoms in total. The molecule has 0 bridgehead atoms. The molecule has 3 unspecified atom stereocenters. The van der Waals surface area contributed by atoms with E-state index in [9.17, 15) is 9.59 Å². The topological polar surface area (TPSA) is 78.4 Å². The maximum Gasteiger partial charge on any atom is 0.314 e. The van der Waals surface area contributed by atoms with Crippen LogP contribution in [0.15, 0.2) is 0 Å². The van der Waals surface area contributed by atoms with Crippen molar-refractivity contribution in [2.24, 2.45) is 11.8 Å². The molecule has 0 saturated heterocycles. The zero-order valence-electron chi connectivity index (χ0n) is 11.6. The summed E-state index contributed by atoms with van der Waals surface area (Å²) in [5.74, 6) is -0.955. The Morgan fingerprint density at radius 2 is 2.11 bits per heavy atom. The van der Waals surface area contributed by atoms with Crippen LogP contribution in [-0.2, 0) is 4.79 Å². The average Bonchev–Trinajstić information content (AvgIpc) is 2.84. The summed E-state index contributed by atoms with van der Waals surface area (Å²) >= 11 is 1.78. The van der Waals surface area contributed by atoms with Gasteiger partial charge in [-0.1, -0.05) is 13.3 Å². The first kappa shape index (κ1) is 16.1. The molecule has 0 heterocycles. The van der Waals surface area contributed by atoms with Gasteiger partial charge in [0.15, 0.2) is 0 Å². The first-order valence-electron chi connectivity index (χ1n) is 6.82. The molecule has 2 amide bonds. The second kappa shape index (κ2) is 8.30. The molecule has 1 fully saturated rings. The van der Waals surface area contributed by atoms with Gasteiger partial charge in [-0.3, -0.25) is 4.79 Å². The summed E-state index contributed by atoms with van der Waals surface area (Å²) in [6.45, 7) is 3.24. The zero-order chi connectivity index (χ0) is 14.3. The number of amides is 2. The Kier molecular flexibility index (Phi) is 7.05. The number of aliphatic carboxylic acids is 1. The van der Waals surface area contributed by atoms with Gasteiger partial charge in [-0.25, -0.2) is 4.79 Å². The molecule has 0 aliphatic heterocycles. The highest BCUT2D eigenvalue weighted by molar-refractivity contribution is 7.99. The van der Waals surface area contributed by atoms with Crippen molar-refractivity contribution >= 4 is 23.8 Å². The number of rotatable bonds is 7. The van der Waals surface area contributed by atoms with E-state index in [1.165, 1.54) is 0 Å². The van der Waals surface area contributed by atoms with E-state index in [0.29, 0.717) is 18.3 Å². The summed E-state index contributed by atoms with van der Waals surface area (Å²) in [5, 5.41) is 15.2. The van der Waals surface area contributed by atoms with Crippen LogP contribution >= 0.6 is 11.8 Å². The lowest BCUT2D eigenvalue weighted by atomic mass is 9.96. The lowest BCUT2D eigenvalue weighted by Gasteiger charge is -2.17. The summed E-state index contributed by atoms with van der Waals surface area (Å²) in [6.07, 6.45) is 5.55. The molecular formula is C13H24N2O3S. The minimum atomic E-state index is -0.737. The second-order valence-corrected chi connectivity index (χ2v) is 6.38. The van der Waals surface area contributed by atoms with Gasteiger partial charge >= 0.3 is 12.0 Å². The van der Waals surface area contributed by atoms with Crippen LogP contribution in [0.4, 0.5) is 4.79 Å². The fraction of sp³-hybridized carbons (Fsp3) is 0.846. The van der Waals surface area contributed by atoms with Gasteiger partial charge < -0.3 is 15.7 Å². The molecule has 0 aromatic rings. The van der Waals surface area contributed by atoms with Crippen LogP contribution in [0.25, 0.3) is 0 Å². The van der Waals surface area contributed by atoms with E-state index in [0.717, 1.165) is 25.7 Å². The van der Waals surface area contributed by atoms with E-state index in [4.69, 9.17) is 5.11 Å². The Bertz CT molecular complexity index is 312. The molecule has 6 heteroatoms.